The van der Waals surface area contributed by atoms with Crippen molar-refractivity contribution in [1.29, 1.82) is 0 Å². The standard InChI is InChI=1S/C13H12F3N3O/c1-8-6-19(7-18-8)11-4-9(12(20)17-2)3-10(5-11)13(14,15)16/h3-7H,1-2H3,(H,17,20). The van der Waals surface area contributed by atoms with Crippen molar-refractivity contribution in [2.45, 2.75) is 13.1 Å². The summed E-state index contributed by atoms with van der Waals surface area (Å²) in [5.41, 5.74) is -0.0217. The van der Waals surface area contributed by atoms with Crippen molar-refractivity contribution >= 4 is 5.91 Å². The Hall–Kier alpha value is -2.31. The number of alkyl halides is 3. The van der Waals surface area contributed by atoms with E-state index in [-0.39, 0.29) is 11.3 Å². The van der Waals surface area contributed by atoms with Gasteiger partial charge in [0, 0.05) is 24.5 Å². The molecule has 0 saturated heterocycles. The summed E-state index contributed by atoms with van der Waals surface area (Å²) in [5, 5.41) is 2.31. The largest absolute Gasteiger partial charge is 0.416 e. The van der Waals surface area contributed by atoms with Gasteiger partial charge in [-0.15, -0.1) is 0 Å². The molecule has 2 rings (SSSR count). The third kappa shape index (κ3) is 2.81. The van der Waals surface area contributed by atoms with Crippen molar-refractivity contribution in [2.24, 2.45) is 0 Å². The van der Waals surface area contributed by atoms with Crippen LogP contribution < -0.4 is 5.32 Å². The maximum atomic E-state index is 12.9. The number of aromatic nitrogens is 2. The highest BCUT2D eigenvalue weighted by Crippen LogP contribution is 2.31. The van der Waals surface area contributed by atoms with Gasteiger partial charge in [0.15, 0.2) is 0 Å². The van der Waals surface area contributed by atoms with E-state index < -0.39 is 17.6 Å². The summed E-state index contributed by atoms with van der Waals surface area (Å²) in [6.07, 6.45) is -1.53. The first-order valence-electron chi connectivity index (χ1n) is 5.76. The molecule has 0 spiro atoms. The number of nitrogens with zero attached hydrogens (tertiary/aromatic N) is 2. The minimum Gasteiger partial charge on any atom is -0.355 e. The molecule has 7 heteroatoms. The van der Waals surface area contributed by atoms with Crippen molar-refractivity contribution in [2.75, 3.05) is 7.05 Å². The van der Waals surface area contributed by atoms with Gasteiger partial charge >= 0.3 is 6.18 Å². The van der Waals surface area contributed by atoms with E-state index in [1.807, 2.05) is 0 Å². The van der Waals surface area contributed by atoms with Gasteiger partial charge in [0.1, 0.15) is 0 Å². The average Bonchev–Trinajstić information content (AvgIpc) is 2.83. The van der Waals surface area contributed by atoms with Gasteiger partial charge in [-0.1, -0.05) is 0 Å². The van der Waals surface area contributed by atoms with E-state index in [0.717, 1.165) is 12.1 Å². The molecule has 1 aromatic heterocycles. The Morgan fingerprint density at radius 2 is 2.00 bits per heavy atom. The normalized spacial score (nSPS) is 11.4. The van der Waals surface area contributed by atoms with E-state index in [2.05, 4.69) is 10.3 Å². The molecule has 0 aliphatic heterocycles. The lowest BCUT2D eigenvalue weighted by molar-refractivity contribution is -0.137. The molecular formula is C13H12F3N3O. The smallest absolute Gasteiger partial charge is 0.355 e. The first-order valence-corrected chi connectivity index (χ1v) is 5.76. The Labute approximate surface area is 113 Å². The zero-order valence-electron chi connectivity index (χ0n) is 10.8. The molecule has 0 aliphatic rings. The molecule has 4 nitrogen and oxygen atoms in total. The number of carbonyl (C=O) groups is 1. The van der Waals surface area contributed by atoms with Gasteiger partial charge in [-0.3, -0.25) is 4.79 Å². The second-order valence-corrected chi connectivity index (χ2v) is 4.27. The van der Waals surface area contributed by atoms with E-state index in [4.69, 9.17) is 0 Å². The maximum Gasteiger partial charge on any atom is 0.416 e. The van der Waals surface area contributed by atoms with Crippen molar-refractivity contribution in [3.63, 3.8) is 0 Å². The van der Waals surface area contributed by atoms with Crippen LogP contribution in [0, 0.1) is 6.92 Å². The molecule has 0 radical (unpaired) electrons. The van der Waals surface area contributed by atoms with E-state index in [1.165, 1.54) is 24.0 Å². The Bertz CT molecular complexity index is 647. The van der Waals surface area contributed by atoms with Crippen LogP contribution in [0.1, 0.15) is 21.6 Å². The van der Waals surface area contributed by atoms with E-state index >= 15 is 0 Å². The number of nitrogens with one attached hydrogen (secondary N) is 1. The van der Waals surface area contributed by atoms with Crippen molar-refractivity contribution in [1.82, 2.24) is 14.9 Å². The monoisotopic (exact) mass is 283 g/mol. The highest BCUT2D eigenvalue weighted by atomic mass is 19.4. The topological polar surface area (TPSA) is 46.9 Å². The van der Waals surface area contributed by atoms with Crippen LogP contribution in [0.4, 0.5) is 13.2 Å². The number of aryl methyl sites for hydroxylation is 1. The van der Waals surface area contributed by atoms with Gasteiger partial charge in [0.25, 0.3) is 5.91 Å². The fraction of sp³-hybridized carbons (Fsp3) is 0.231. The molecule has 106 valence electrons. The van der Waals surface area contributed by atoms with Crippen LogP contribution >= 0.6 is 0 Å². The minimum atomic E-state index is -4.52. The van der Waals surface area contributed by atoms with Crippen LogP contribution in [-0.2, 0) is 6.18 Å². The van der Waals surface area contributed by atoms with E-state index in [1.54, 1.807) is 13.1 Å². The van der Waals surface area contributed by atoms with Crippen molar-refractivity contribution < 1.29 is 18.0 Å². The molecule has 20 heavy (non-hydrogen) atoms. The van der Waals surface area contributed by atoms with Crippen LogP contribution in [0.25, 0.3) is 5.69 Å². The first-order chi connectivity index (χ1) is 9.31. The molecule has 1 N–H and O–H groups in total. The number of benzene rings is 1. The van der Waals surface area contributed by atoms with Gasteiger partial charge in [-0.25, -0.2) is 4.98 Å². The lowest BCUT2D eigenvalue weighted by atomic mass is 10.1. The summed E-state index contributed by atoms with van der Waals surface area (Å²) in [7, 11) is 1.36. The Balaban J connectivity index is 2.59. The number of rotatable bonds is 2. The molecule has 0 unspecified atom stereocenters. The molecule has 0 fully saturated rings. The zero-order chi connectivity index (χ0) is 14.9. The molecule has 2 aromatic rings. The number of halogens is 3. The molecule has 0 aliphatic carbocycles. The summed E-state index contributed by atoms with van der Waals surface area (Å²) in [6, 6.07) is 3.19. The number of imidazole rings is 1. The predicted octanol–water partition coefficient (Wildman–Crippen LogP) is 2.56. The SMILES string of the molecule is CNC(=O)c1cc(-n2cnc(C)c2)cc(C(F)(F)F)c1. The van der Waals surface area contributed by atoms with Gasteiger partial charge in [-0.2, -0.15) is 13.2 Å². The van der Waals surface area contributed by atoms with Crippen LogP contribution in [0.5, 0.6) is 0 Å². The van der Waals surface area contributed by atoms with Crippen LogP contribution in [0.2, 0.25) is 0 Å². The zero-order valence-corrected chi connectivity index (χ0v) is 10.8. The fourth-order valence-corrected chi connectivity index (χ4v) is 1.76. The predicted molar refractivity (Wildman–Crippen MR) is 66.7 cm³/mol. The maximum absolute atomic E-state index is 12.9. The lowest BCUT2D eigenvalue weighted by Gasteiger charge is -2.12. The molecular weight excluding hydrogens is 271 g/mol. The van der Waals surface area contributed by atoms with Crippen molar-refractivity contribution in [3.05, 3.63) is 47.5 Å². The van der Waals surface area contributed by atoms with Gasteiger partial charge in [-0.05, 0) is 25.1 Å². The lowest BCUT2D eigenvalue weighted by Crippen LogP contribution is -2.19. The molecule has 0 bridgehead atoms. The second kappa shape index (κ2) is 4.99. The van der Waals surface area contributed by atoms with E-state index in [0.29, 0.717) is 5.69 Å². The summed E-state index contributed by atoms with van der Waals surface area (Å²) >= 11 is 0. The summed E-state index contributed by atoms with van der Waals surface area (Å²) in [5.74, 6) is -0.575. The molecule has 1 aromatic carbocycles. The Morgan fingerprint density at radius 3 is 2.50 bits per heavy atom. The third-order valence-electron chi connectivity index (χ3n) is 2.74. The Kier molecular flexibility index (Phi) is 3.52. The fourth-order valence-electron chi connectivity index (χ4n) is 1.76. The molecule has 0 saturated carbocycles. The first kappa shape index (κ1) is 14.1. The highest BCUT2D eigenvalue weighted by Gasteiger charge is 2.32. The van der Waals surface area contributed by atoms with Crippen LogP contribution in [-0.4, -0.2) is 22.5 Å². The van der Waals surface area contributed by atoms with Gasteiger partial charge in [0.05, 0.1) is 17.6 Å². The summed E-state index contributed by atoms with van der Waals surface area (Å²) in [4.78, 5) is 15.5. The second-order valence-electron chi connectivity index (χ2n) is 4.27. The summed E-state index contributed by atoms with van der Waals surface area (Å²) in [6.45, 7) is 1.73. The molecule has 0 atom stereocenters. The summed E-state index contributed by atoms with van der Waals surface area (Å²) < 4.78 is 40.1. The van der Waals surface area contributed by atoms with E-state index in [9.17, 15) is 18.0 Å². The third-order valence-corrected chi connectivity index (χ3v) is 2.74. The number of amides is 1. The molecule has 1 heterocycles. The number of carbonyl (C=O) groups excluding carboxylic acids is 1. The van der Waals surface area contributed by atoms with Crippen LogP contribution in [0.15, 0.2) is 30.7 Å². The number of hydrogen-bond donors (Lipinski definition) is 1. The van der Waals surface area contributed by atoms with Crippen LogP contribution in [0.3, 0.4) is 0 Å². The quantitative estimate of drug-likeness (QED) is 0.920. The minimum absolute atomic E-state index is 0.0521. The Morgan fingerprint density at radius 1 is 1.30 bits per heavy atom. The van der Waals surface area contributed by atoms with Gasteiger partial charge < -0.3 is 9.88 Å². The highest BCUT2D eigenvalue weighted by molar-refractivity contribution is 5.94. The molecule has 1 amide bonds. The van der Waals surface area contributed by atoms with Gasteiger partial charge in [0.2, 0.25) is 0 Å². The van der Waals surface area contributed by atoms with Crippen molar-refractivity contribution in [3.8, 4) is 5.69 Å². The number of hydrogen-bond acceptors (Lipinski definition) is 2. The average molecular weight is 283 g/mol.